The molecule has 0 aromatic heterocycles. The van der Waals surface area contributed by atoms with Gasteiger partial charge in [-0.25, -0.2) is 0 Å². The quantitative estimate of drug-likeness (QED) is 0.786. The summed E-state index contributed by atoms with van der Waals surface area (Å²) in [5, 5.41) is 3.55. The summed E-state index contributed by atoms with van der Waals surface area (Å²) in [7, 11) is 0. The van der Waals surface area contributed by atoms with E-state index in [1.807, 2.05) is 13.8 Å². The summed E-state index contributed by atoms with van der Waals surface area (Å²) in [6.07, 6.45) is 8.55. The molecular weight excluding hydrogens is 250 g/mol. The van der Waals surface area contributed by atoms with Crippen molar-refractivity contribution >= 4 is 5.97 Å². The predicted octanol–water partition coefficient (Wildman–Crippen LogP) is 3.13. The van der Waals surface area contributed by atoms with Crippen LogP contribution in [0.15, 0.2) is 0 Å². The highest BCUT2D eigenvalue weighted by Crippen LogP contribution is 2.61. The van der Waals surface area contributed by atoms with Crippen LogP contribution >= 0.6 is 0 Å². The Bertz CT molecular complexity index is 344. The molecule has 4 saturated carbocycles. The zero-order valence-electron chi connectivity index (χ0n) is 13.2. The molecule has 2 unspecified atom stereocenters. The van der Waals surface area contributed by atoms with E-state index in [4.69, 9.17) is 4.74 Å². The topological polar surface area (TPSA) is 38.3 Å². The molecule has 0 amide bonds. The monoisotopic (exact) mass is 279 g/mol. The third-order valence-corrected chi connectivity index (χ3v) is 6.14. The fourth-order valence-corrected chi connectivity index (χ4v) is 5.60. The van der Waals surface area contributed by atoms with E-state index in [1.54, 1.807) is 0 Å². The molecule has 2 atom stereocenters. The van der Waals surface area contributed by atoms with Crippen LogP contribution in [0, 0.1) is 23.2 Å². The molecule has 4 rings (SSSR count). The number of rotatable bonds is 5. The number of carbonyl (C=O) groups is 1. The van der Waals surface area contributed by atoms with Crippen LogP contribution in [0.1, 0.15) is 59.3 Å². The van der Waals surface area contributed by atoms with Gasteiger partial charge in [0.15, 0.2) is 0 Å². The van der Waals surface area contributed by atoms with E-state index in [-0.39, 0.29) is 12.0 Å². The number of nitrogens with one attached hydrogen (secondary N) is 1. The Morgan fingerprint density at radius 3 is 2.10 bits per heavy atom. The number of hydrogen-bond donors (Lipinski definition) is 1. The molecule has 0 aromatic carbocycles. The van der Waals surface area contributed by atoms with E-state index in [0.717, 1.165) is 17.8 Å². The van der Waals surface area contributed by atoms with Gasteiger partial charge in [-0.1, -0.05) is 0 Å². The lowest BCUT2D eigenvalue weighted by Gasteiger charge is -2.59. The summed E-state index contributed by atoms with van der Waals surface area (Å²) in [5.41, 5.74) is 0.454. The first kappa shape index (κ1) is 14.4. The lowest BCUT2D eigenvalue weighted by Crippen LogP contribution is -2.57. The first-order valence-electron chi connectivity index (χ1n) is 8.45. The molecule has 3 nitrogen and oxygen atoms in total. The molecule has 0 saturated heterocycles. The molecule has 0 spiro atoms. The second kappa shape index (κ2) is 5.32. The highest BCUT2D eigenvalue weighted by Gasteiger charge is 2.53. The second-order valence-corrected chi connectivity index (χ2v) is 7.64. The van der Waals surface area contributed by atoms with E-state index >= 15 is 0 Å². The van der Waals surface area contributed by atoms with E-state index in [0.29, 0.717) is 18.1 Å². The van der Waals surface area contributed by atoms with Crippen LogP contribution < -0.4 is 5.32 Å². The predicted molar refractivity (Wildman–Crippen MR) is 79.3 cm³/mol. The molecule has 4 bridgehead atoms. The van der Waals surface area contributed by atoms with Crippen molar-refractivity contribution < 1.29 is 9.53 Å². The van der Waals surface area contributed by atoms with E-state index in [2.05, 4.69) is 12.2 Å². The largest absolute Gasteiger partial charge is 0.465 e. The number of hydrogen-bond acceptors (Lipinski definition) is 3. The van der Waals surface area contributed by atoms with Crippen LogP contribution in [0.4, 0.5) is 0 Å². The summed E-state index contributed by atoms with van der Waals surface area (Å²) in [6, 6.07) is 0.244. The Kier molecular flexibility index (Phi) is 3.83. The highest BCUT2D eigenvalue weighted by atomic mass is 16.5. The van der Waals surface area contributed by atoms with Gasteiger partial charge in [-0.2, -0.15) is 0 Å². The third kappa shape index (κ3) is 2.49. The maximum absolute atomic E-state index is 11.8. The van der Waals surface area contributed by atoms with Gasteiger partial charge < -0.3 is 10.1 Å². The molecule has 0 heterocycles. The number of esters is 1. The zero-order chi connectivity index (χ0) is 14.3. The van der Waals surface area contributed by atoms with Gasteiger partial charge >= 0.3 is 5.97 Å². The lowest BCUT2D eigenvalue weighted by atomic mass is 9.48. The fraction of sp³-hybridized carbons (Fsp3) is 0.941. The molecule has 0 radical (unpaired) electrons. The average Bonchev–Trinajstić information content (AvgIpc) is 2.37. The third-order valence-electron chi connectivity index (χ3n) is 6.14. The van der Waals surface area contributed by atoms with Crippen molar-refractivity contribution in [2.45, 2.75) is 71.4 Å². The first-order chi connectivity index (χ1) is 9.52. The fourth-order valence-electron chi connectivity index (χ4n) is 5.60. The van der Waals surface area contributed by atoms with Crippen molar-refractivity contribution in [3.05, 3.63) is 0 Å². The normalized spacial score (nSPS) is 41.5. The number of carbonyl (C=O) groups excluding carboxylic acids is 1. The van der Waals surface area contributed by atoms with Crippen LogP contribution in [0.25, 0.3) is 0 Å². The van der Waals surface area contributed by atoms with Crippen molar-refractivity contribution in [2.75, 3.05) is 6.61 Å². The minimum atomic E-state index is -0.182. The molecular formula is C17H29NO2. The van der Waals surface area contributed by atoms with Crippen molar-refractivity contribution in [1.29, 1.82) is 0 Å². The Labute approximate surface area is 122 Å². The zero-order valence-corrected chi connectivity index (χ0v) is 13.2. The minimum Gasteiger partial charge on any atom is -0.465 e. The van der Waals surface area contributed by atoms with Gasteiger partial charge in [0.25, 0.3) is 0 Å². The standard InChI is InChI=1S/C17H29NO2/c1-4-20-16(19)11(2)18-12(3)17-8-13-5-14(9-17)7-15(6-13)10-17/h11-15,18H,4-10H2,1-3H3. The molecule has 0 aliphatic heterocycles. The van der Waals surface area contributed by atoms with Crippen molar-refractivity contribution in [1.82, 2.24) is 5.32 Å². The molecule has 0 aromatic rings. The highest BCUT2D eigenvalue weighted by molar-refractivity contribution is 5.75. The summed E-state index contributed by atoms with van der Waals surface area (Å²) in [6.45, 7) is 6.57. The summed E-state index contributed by atoms with van der Waals surface area (Å²) >= 11 is 0. The molecule has 1 N–H and O–H groups in total. The van der Waals surface area contributed by atoms with Crippen LogP contribution in [0.2, 0.25) is 0 Å². The summed E-state index contributed by atoms with van der Waals surface area (Å²) in [4.78, 5) is 11.8. The maximum Gasteiger partial charge on any atom is 0.322 e. The van der Waals surface area contributed by atoms with Gasteiger partial charge in [-0.15, -0.1) is 0 Å². The van der Waals surface area contributed by atoms with Gasteiger partial charge in [0, 0.05) is 6.04 Å². The molecule has 4 aliphatic rings. The Hall–Kier alpha value is -0.570. The molecule has 114 valence electrons. The number of ether oxygens (including phenoxy) is 1. The van der Waals surface area contributed by atoms with Crippen molar-refractivity contribution in [3.8, 4) is 0 Å². The average molecular weight is 279 g/mol. The van der Waals surface area contributed by atoms with Gasteiger partial charge in [0.05, 0.1) is 6.61 Å². The first-order valence-corrected chi connectivity index (χ1v) is 8.45. The van der Waals surface area contributed by atoms with Gasteiger partial charge in [-0.3, -0.25) is 4.79 Å². The summed E-state index contributed by atoms with van der Waals surface area (Å²) < 4.78 is 5.12. The SMILES string of the molecule is CCOC(=O)C(C)NC(C)C12CC3CC(CC(C3)C1)C2. The van der Waals surface area contributed by atoms with Crippen molar-refractivity contribution in [2.24, 2.45) is 23.2 Å². The van der Waals surface area contributed by atoms with Gasteiger partial charge in [0.1, 0.15) is 6.04 Å². The van der Waals surface area contributed by atoms with Crippen LogP contribution in [-0.4, -0.2) is 24.7 Å². The molecule has 3 heteroatoms. The van der Waals surface area contributed by atoms with Crippen molar-refractivity contribution in [3.63, 3.8) is 0 Å². The van der Waals surface area contributed by atoms with Gasteiger partial charge in [0.2, 0.25) is 0 Å². The van der Waals surface area contributed by atoms with Crippen LogP contribution in [0.5, 0.6) is 0 Å². The minimum absolute atomic E-state index is 0.107. The second-order valence-electron chi connectivity index (χ2n) is 7.64. The van der Waals surface area contributed by atoms with Crippen LogP contribution in [0.3, 0.4) is 0 Å². The van der Waals surface area contributed by atoms with E-state index < -0.39 is 0 Å². The van der Waals surface area contributed by atoms with E-state index in [9.17, 15) is 4.79 Å². The molecule has 20 heavy (non-hydrogen) atoms. The van der Waals surface area contributed by atoms with Crippen LogP contribution in [-0.2, 0) is 9.53 Å². The van der Waals surface area contributed by atoms with E-state index in [1.165, 1.54) is 38.5 Å². The lowest BCUT2D eigenvalue weighted by molar-refractivity contribution is -0.146. The van der Waals surface area contributed by atoms with Gasteiger partial charge in [-0.05, 0) is 82.5 Å². The smallest absolute Gasteiger partial charge is 0.322 e. The Morgan fingerprint density at radius 1 is 1.15 bits per heavy atom. The molecule has 4 aliphatic carbocycles. The Morgan fingerprint density at radius 2 is 1.65 bits per heavy atom. The molecule has 4 fully saturated rings. The Balaban J connectivity index is 1.65. The summed E-state index contributed by atoms with van der Waals surface area (Å²) in [5.74, 6) is 2.78. The maximum atomic E-state index is 11.8.